The third-order valence-electron chi connectivity index (χ3n) is 5.43. The molecule has 0 radical (unpaired) electrons. The van der Waals surface area contributed by atoms with Gasteiger partial charge in [-0.2, -0.15) is 5.26 Å². The number of benzene rings is 1. The number of rotatable bonds is 6. The number of nitriles is 1. The van der Waals surface area contributed by atoms with Crippen LogP contribution in [-0.2, 0) is 4.79 Å². The number of nitrogens with one attached hydrogen (secondary N) is 1. The predicted octanol–water partition coefficient (Wildman–Crippen LogP) is 5.16. The summed E-state index contributed by atoms with van der Waals surface area (Å²) >= 11 is 1.66. The first-order valence-corrected chi connectivity index (χ1v) is 11.2. The Morgan fingerprint density at radius 1 is 1.23 bits per heavy atom. The number of ether oxygens (including phenoxy) is 2. The largest absolute Gasteiger partial charge is 0.493 e. The van der Waals surface area contributed by atoms with Gasteiger partial charge in [0.25, 0.3) is 0 Å². The number of allylic oxidation sites excluding steroid dienone is 3. The zero-order chi connectivity index (χ0) is 22.1. The van der Waals surface area contributed by atoms with Crippen LogP contribution in [0.5, 0.6) is 11.5 Å². The molecule has 0 amide bonds. The van der Waals surface area contributed by atoms with Gasteiger partial charge in [-0.25, -0.2) is 0 Å². The molecule has 5 nitrogen and oxygen atoms in total. The van der Waals surface area contributed by atoms with Crippen LogP contribution >= 0.6 is 11.8 Å². The molecule has 1 heterocycles. The molecule has 0 unspecified atom stereocenters. The first-order valence-electron chi connectivity index (χ1n) is 10.2. The summed E-state index contributed by atoms with van der Waals surface area (Å²) in [5.74, 6) is 2.30. The maximum absolute atomic E-state index is 13.2. The van der Waals surface area contributed by atoms with E-state index >= 15 is 0 Å². The molecule has 0 fully saturated rings. The van der Waals surface area contributed by atoms with Crippen molar-refractivity contribution < 1.29 is 14.3 Å². The number of methoxy groups -OCH3 is 2. The summed E-state index contributed by atoms with van der Waals surface area (Å²) in [5, 5.41) is 14.4. The Labute approximate surface area is 183 Å². The van der Waals surface area contributed by atoms with Gasteiger partial charge in [0, 0.05) is 23.4 Å². The van der Waals surface area contributed by atoms with Gasteiger partial charge in [-0.05, 0) is 35.4 Å². The van der Waals surface area contributed by atoms with E-state index in [9.17, 15) is 10.1 Å². The van der Waals surface area contributed by atoms with Crippen LogP contribution in [-0.4, -0.2) is 25.8 Å². The van der Waals surface area contributed by atoms with Gasteiger partial charge >= 0.3 is 0 Å². The highest BCUT2D eigenvalue weighted by molar-refractivity contribution is 8.03. The van der Waals surface area contributed by atoms with E-state index < -0.39 is 5.92 Å². The number of carbonyl (C=O) groups is 1. The Kier molecular flexibility index (Phi) is 6.52. The molecule has 2 aliphatic rings. The predicted molar refractivity (Wildman–Crippen MR) is 120 cm³/mol. The molecular formula is C24H30N2O3S. The van der Waals surface area contributed by atoms with E-state index in [1.54, 1.807) is 26.0 Å². The molecule has 30 heavy (non-hydrogen) atoms. The maximum Gasteiger partial charge on any atom is 0.162 e. The molecule has 1 N–H and O–H groups in total. The van der Waals surface area contributed by atoms with E-state index in [1.165, 1.54) is 0 Å². The second-order valence-corrected chi connectivity index (χ2v) is 10.1. The van der Waals surface area contributed by atoms with Gasteiger partial charge in [0.1, 0.15) is 0 Å². The van der Waals surface area contributed by atoms with Gasteiger partial charge in [-0.15, -0.1) is 11.8 Å². The smallest absolute Gasteiger partial charge is 0.162 e. The monoisotopic (exact) mass is 426 g/mol. The minimum Gasteiger partial charge on any atom is -0.493 e. The summed E-state index contributed by atoms with van der Waals surface area (Å²) in [7, 11) is 3.19. The second kappa shape index (κ2) is 8.77. The summed E-state index contributed by atoms with van der Waals surface area (Å²) in [6.07, 6.45) is 1.26. The second-order valence-electron chi connectivity index (χ2n) is 9.07. The SMILES string of the molecule is COc1ccc([C@H]2C(C#N)=C(SCC(C)C)NC3=C2C(=O)CC(C)(C)C3)cc1OC. The molecule has 1 aromatic rings. The van der Waals surface area contributed by atoms with E-state index in [4.69, 9.17) is 9.47 Å². The lowest BCUT2D eigenvalue weighted by Gasteiger charge is -2.39. The van der Waals surface area contributed by atoms with Gasteiger partial charge in [-0.1, -0.05) is 33.8 Å². The lowest BCUT2D eigenvalue weighted by molar-refractivity contribution is -0.118. The average molecular weight is 427 g/mol. The van der Waals surface area contributed by atoms with Gasteiger partial charge in [0.15, 0.2) is 17.3 Å². The number of thioether (sulfide) groups is 1. The number of Topliss-reactive ketones (excluding diaryl/α,β-unsaturated/α-hetero) is 1. The number of nitrogens with zero attached hydrogens (tertiary/aromatic N) is 1. The van der Waals surface area contributed by atoms with Crippen LogP contribution in [0.2, 0.25) is 0 Å². The van der Waals surface area contributed by atoms with Crippen LogP contribution in [0, 0.1) is 22.7 Å². The fourth-order valence-corrected chi connectivity index (χ4v) is 5.12. The molecule has 0 saturated carbocycles. The zero-order valence-electron chi connectivity index (χ0n) is 18.6. The minimum absolute atomic E-state index is 0.106. The van der Waals surface area contributed by atoms with E-state index in [0.29, 0.717) is 35.0 Å². The standard InChI is InChI=1S/C24H30N2O3S/c1-14(2)13-30-23-16(12-25)21(15-7-8-19(28-5)20(9-15)29-6)22-17(26-23)10-24(3,4)11-18(22)27/h7-9,14,21,26H,10-11,13H2,1-6H3/t21-/m0/s1. The first kappa shape index (κ1) is 22.3. The van der Waals surface area contributed by atoms with Crippen LogP contribution in [0.3, 0.4) is 0 Å². The summed E-state index contributed by atoms with van der Waals surface area (Å²) in [6, 6.07) is 8.05. The molecule has 1 aromatic carbocycles. The van der Waals surface area contributed by atoms with Crippen LogP contribution < -0.4 is 14.8 Å². The lowest BCUT2D eigenvalue weighted by Crippen LogP contribution is -2.37. The van der Waals surface area contributed by atoms with E-state index in [-0.39, 0.29) is 11.2 Å². The van der Waals surface area contributed by atoms with Crippen molar-refractivity contribution in [1.29, 1.82) is 5.26 Å². The topological polar surface area (TPSA) is 71.3 Å². The normalized spacial score (nSPS) is 20.6. The van der Waals surface area contributed by atoms with Crippen molar-refractivity contribution in [3.05, 3.63) is 45.6 Å². The fraction of sp³-hybridized carbons (Fsp3) is 0.500. The Balaban J connectivity index is 2.17. The van der Waals surface area contributed by atoms with Crippen molar-refractivity contribution in [3.63, 3.8) is 0 Å². The Hall–Kier alpha value is -2.39. The Bertz CT molecular complexity index is 954. The van der Waals surface area contributed by atoms with Gasteiger partial charge in [0.05, 0.1) is 36.8 Å². The number of carbonyl (C=O) groups excluding carboxylic acids is 1. The van der Waals surface area contributed by atoms with Crippen molar-refractivity contribution in [2.24, 2.45) is 11.3 Å². The minimum atomic E-state index is -0.399. The van der Waals surface area contributed by atoms with Gasteiger partial charge in [0.2, 0.25) is 0 Å². The number of dihydropyridines is 1. The Morgan fingerprint density at radius 3 is 2.53 bits per heavy atom. The number of ketones is 1. The molecule has 3 rings (SSSR count). The van der Waals surface area contributed by atoms with Crippen molar-refractivity contribution >= 4 is 17.5 Å². The zero-order valence-corrected chi connectivity index (χ0v) is 19.4. The average Bonchev–Trinajstić information content (AvgIpc) is 2.69. The highest BCUT2D eigenvalue weighted by Crippen LogP contribution is 2.48. The van der Waals surface area contributed by atoms with Crippen molar-refractivity contribution in [2.45, 2.75) is 46.5 Å². The molecule has 1 aliphatic carbocycles. The molecule has 6 heteroatoms. The van der Waals surface area contributed by atoms with E-state index in [2.05, 4.69) is 39.1 Å². The molecule has 1 atom stereocenters. The number of hydrogen-bond acceptors (Lipinski definition) is 6. The van der Waals surface area contributed by atoms with Crippen LogP contribution in [0.25, 0.3) is 0 Å². The van der Waals surface area contributed by atoms with Gasteiger partial charge in [-0.3, -0.25) is 4.79 Å². The molecule has 0 saturated heterocycles. The van der Waals surface area contributed by atoms with Crippen LogP contribution in [0.15, 0.2) is 40.1 Å². The summed E-state index contributed by atoms with van der Waals surface area (Å²) in [4.78, 5) is 13.2. The highest BCUT2D eigenvalue weighted by Gasteiger charge is 2.42. The van der Waals surface area contributed by atoms with Crippen molar-refractivity contribution in [3.8, 4) is 17.6 Å². The summed E-state index contributed by atoms with van der Waals surface area (Å²) in [5.41, 5.74) is 3.02. The molecule has 0 bridgehead atoms. The lowest BCUT2D eigenvalue weighted by atomic mass is 9.69. The van der Waals surface area contributed by atoms with Gasteiger partial charge < -0.3 is 14.8 Å². The third-order valence-corrected chi connectivity index (χ3v) is 6.87. The summed E-state index contributed by atoms with van der Waals surface area (Å²) < 4.78 is 10.9. The van der Waals surface area contributed by atoms with Crippen molar-refractivity contribution in [1.82, 2.24) is 5.32 Å². The first-order chi connectivity index (χ1) is 14.2. The molecule has 0 spiro atoms. The highest BCUT2D eigenvalue weighted by atomic mass is 32.2. The fourth-order valence-electron chi connectivity index (χ4n) is 4.11. The van der Waals surface area contributed by atoms with Crippen molar-refractivity contribution in [2.75, 3.05) is 20.0 Å². The summed E-state index contributed by atoms with van der Waals surface area (Å²) in [6.45, 7) is 8.55. The molecule has 0 aromatic heterocycles. The molecule has 1 aliphatic heterocycles. The van der Waals surface area contributed by atoms with Crippen LogP contribution in [0.4, 0.5) is 0 Å². The third kappa shape index (κ3) is 4.37. The number of hydrogen-bond donors (Lipinski definition) is 1. The molecular weight excluding hydrogens is 396 g/mol. The quantitative estimate of drug-likeness (QED) is 0.678. The molecule has 160 valence electrons. The van der Waals surface area contributed by atoms with Crippen LogP contribution in [0.1, 0.15) is 52.0 Å². The Morgan fingerprint density at radius 2 is 1.93 bits per heavy atom. The van der Waals surface area contributed by atoms with E-state index in [1.807, 2.05) is 18.2 Å². The van der Waals surface area contributed by atoms with E-state index in [0.717, 1.165) is 28.5 Å². The maximum atomic E-state index is 13.2.